The summed E-state index contributed by atoms with van der Waals surface area (Å²) < 4.78 is 0. The van der Waals surface area contributed by atoms with Gasteiger partial charge < -0.3 is 5.73 Å². The summed E-state index contributed by atoms with van der Waals surface area (Å²) in [6.45, 7) is 4.31. The second-order valence-corrected chi connectivity index (χ2v) is 3.78. The number of anilines is 1. The average Bonchev–Trinajstić information content (AvgIpc) is 2.80. The minimum absolute atomic E-state index is 0.306. The Bertz CT molecular complexity index is 441. The Labute approximate surface area is 104 Å². The molecular weight excluding hydrogens is 236 g/mol. The first-order valence-electron chi connectivity index (χ1n) is 5.27. The molecule has 0 amide bonds. The van der Waals surface area contributed by atoms with Crippen LogP contribution in [0.2, 0.25) is 0 Å². The molecule has 0 aliphatic rings. The van der Waals surface area contributed by atoms with Crippen LogP contribution in [0, 0.1) is 0 Å². The SMILES string of the molecule is CC.NOCc1ccc(-c2nc(N)cs2)cn1. The summed E-state index contributed by atoms with van der Waals surface area (Å²) in [6.07, 6.45) is 1.73. The Morgan fingerprint density at radius 1 is 1.35 bits per heavy atom. The van der Waals surface area contributed by atoms with Crippen molar-refractivity contribution >= 4 is 17.2 Å². The van der Waals surface area contributed by atoms with Gasteiger partial charge in [-0.25, -0.2) is 10.9 Å². The fraction of sp³-hybridized carbons (Fsp3) is 0.273. The summed E-state index contributed by atoms with van der Waals surface area (Å²) in [5.41, 5.74) is 7.26. The van der Waals surface area contributed by atoms with Crippen LogP contribution in [0.15, 0.2) is 23.7 Å². The summed E-state index contributed by atoms with van der Waals surface area (Å²) in [4.78, 5) is 12.8. The van der Waals surface area contributed by atoms with Crippen LogP contribution in [-0.2, 0) is 11.4 Å². The average molecular weight is 252 g/mol. The predicted octanol–water partition coefficient (Wildman–Crippen LogP) is 2.20. The first-order chi connectivity index (χ1) is 8.29. The van der Waals surface area contributed by atoms with Gasteiger partial charge in [0.1, 0.15) is 17.4 Å². The van der Waals surface area contributed by atoms with Crippen molar-refractivity contribution in [3.05, 3.63) is 29.4 Å². The molecule has 0 bridgehead atoms. The third-order valence-corrected chi connectivity index (χ3v) is 2.73. The van der Waals surface area contributed by atoms with Crippen molar-refractivity contribution in [1.82, 2.24) is 9.97 Å². The molecule has 6 heteroatoms. The van der Waals surface area contributed by atoms with Gasteiger partial charge in [0.2, 0.25) is 0 Å². The van der Waals surface area contributed by atoms with E-state index in [2.05, 4.69) is 14.8 Å². The van der Waals surface area contributed by atoms with E-state index in [0.29, 0.717) is 12.4 Å². The van der Waals surface area contributed by atoms with E-state index in [-0.39, 0.29) is 0 Å². The van der Waals surface area contributed by atoms with Crippen LogP contribution < -0.4 is 11.6 Å². The van der Waals surface area contributed by atoms with Gasteiger partial charge in [-0.2, -0.15) is 0 Å². The maximum Gasteiger partial charge on any atom is 0.135 e. The van der Waals surface area contributed by atoms with Crippen LogP contribution in [0.25, 0.3) is 10.6 Å². The van der Waals surface area contributed by atoms with E-state index >= 15 is 0 Å². The van der Waals surface area contributed by atoms with Crippen LogP contribution in [0.1, 0.15) is 19.5 Å². The van der Waals surface area contributed by atoms with E-state index < -0.39 is 0 Å². The van der Waals surface area contributed by atoms with Gasteiger partial charge in [0.15, 0.2) is 0 Å². The molecule has 0 saturated carbocycles. The molecule has 0 atom stereocenters. The van der Waals surface area contributed by atoms with E-state index in [0.717, 1.165) is 16.3 Å². The fourth-order valence-corrected chi connectivity index (χ4v) is 1.84. The predicted molar refractivity (Wildman–Crippen MR) is 70.1 cm³/mol. The van der Waals surface area contributed by atoms with Crippen LogP contribution in [0.5, 0.6) is 0 Å². The maximum atomic E-state index is 5.54. The normalized spacial score (nSPS) is 9.59. The number of pyridine rings is 1. The summed E-state index contributed by atoms with van der Waals surface area (Å²) in [6, 6.07) is 3.76. The van der Waals surface area contributed by atoms with Crippen molar-refractivity contribution in [1.29, 1.82) is 0 Å². The second-order valence-electron chi connectivity index (χ2n) is 2.93. The number of hydrogen-bond donors (Lipinski definition) is 2. The zero-order valence-corrected chi connectivity index (χ0v) is 10.7. The summed E-state index contributed by atoms with van der Waals surface area (Å²) in [7, 11) is 0. The van der Waals surface area contributed by atoms with E-state index in [1.54, 1.807) is 11.6 Å². The van der Waals surface area contributed by atoms with Crippen molar-refractivity contribution in [2.45, 2.75) is 20.5 Å². The highest BCUT2D eigenvalue weighted by molar-refractivity contribution is 7.13. The Hall–Kier alpha value is -1.50. The first-order valence-corrected chi connectivity index (χ1v) is 6.15. The molecule has 2 aromatic rings. The molecule has 0 aromatic carbocycles. The number of thiazole rings is 1. The monoisotopic (exact) mass is 252 g/mol. The van der Waals surface area contributed by atoms with Crippen molar-refractivity contribution in [2.75, 3.05) is 5.73 Å². The third-order valence-electron chi connectivity index (χ3n) is 1.82. The Morgan fingerprint density at radius 2 is 2.12 bits per heavy atom. The molecule has 92 valence electrons. The van der Waals surface area contributed by atoms with Crippen molar-refractivity contribution in [3.63, 3.8) is 0 Å². The van der Waals surface area contributed by atoms with Crippen LogP contribution in [0.4, 0.5) is 5.82 Å². The van der Waals surface area contributed by atoms with Gasteiger partial charge in [0, 0.05) is 17.1 Å². The molecule has 17 heavy (non-hydrogen) atoms. The lowest BCUT2D eigenvalue weighted by atomic mass is 10.2. The number of rotatable bonds is 3. The lowest BCUT2D eigenvalue weighted by molar-refractivity contribution is 0.121. The zero-order valence-electron chi connectivity index (χ0n) is 9.88. The fourth-order valence-electron chi connectivity index (χ4n) is 1.14. The Kier molecular flexibility index (Phi) is 5.55. The summed E-state index contributed by atoms with van der Waals surface area (Å²) in [5, 5.41) is 2.66. The van der Waals surface area contributed by atoms with Crippen molar-refractivity contribution < 1.29 is 4.84 Å². The van der Waals surface area contributed by atoms with Crippen LogP contribution in [-0.4, -0.2) is 9.97 Å². The number of nitrogens with zero attached hydrogens (tertiary/aromatic N) is 2. The lowest BCUT2D eigenvalue weighted by Crippen LogP contribution is -2.00. The van der Waals surface area contributed by atoms with Crippen LogP contribution >= 0.6 is 11.3 Å². The third kappa shape index (κ3) is 3.77. The number of nitrogen functional groups attached to an aromatic ring is 1. The van der Waals surface area contributed by atoms with E-state index in [1.165, 1.54) is 11.3 Å². The van der Waals surface area contributed by atoms with Gasteiger partial charge in [-0.05, 0) is 12.1 Å². The summed E-state index contributed by atoms with van der Waals surface area (Å²) in [5.74, 6) is 5.48. The molecule has 0 unspecified atom stereocenters. The quantitative estimate of drug-likeness (QED) is 0.818. The molecular formula is C11H16N4OS. The van der Waals surface area contributed by atoms with Gasteiger partial charge in [0.05, 0.1) is 5.69 Å². The lowest BCUT2D eigenvalue weighted by Gasteiger charge is -1.99. The minimum Gasteiger partial charge on any atom is -0.383 e. The van der Waals surface area contributed by atoms with Gasteiger partial charge in [0.25, 0.3) is 0 Å². The zero-order chi connectivity index (χ0) is 12.7. The van der Waals surface area contributed by atoms with E-state index in [9.17, 15) is 0 Å². The molecule has 4 N–H and O–H groups in total. The van der Waals surface area contributed by atoms with E-state index in [4.69, 9.17) is 11.6 Å². The molecule has 0 aliphatic heterocycles. The number of hydrogen-bond acceptors (Lipinski definition) is 6. The Balaban J connectivity index is 0.000000686. The maximum absolute atomic E-state index is 5.54. The molecule has 0 saturated heterocycles. The highest BCUT2D eigenvalue weighted by atomic mass is 32.1. The highest BCUT2D eigenvalue weighted by Crippen LogP contribution is 2.23. The Morgan fingerprint density at radius 3 is 2.59 bits per heavy atom. The molecule has 2 heterocycles. The number of nitrogens with two attached hydrogens (primary N) is 2. The largest absolute Gasteiger partial charge is 0.383 e. The smallest absolute Gasteiger partial charge is 0.135 e. The van der Waals surface area contributed by atoms with Gasteiger partial charge in [-0.15, -0.1) is 11.3 Å². The second kappa shape index (κ2) is 6.95. The van der Waals surface area contributed by atoms with Gasteiger partial charge >= 0.3 is 0 Å². The van der Waals surface area contributed by atoms with Gasteiger partial charge in [-0.1, -0.05) is 13.8 Å². The van der Waals surface area contributed by atoms with Crippen molar-refractivity contribution in [2.24, 2.45) is 5.90 Å². The molecule has 2 aromatic heterocycles. The minimum atomic E-state index is 0.306. The molecule has 5 nitrogen and oxygen atoms in total. The topological polar surface area (TPSA) is 87.0 Å². The molecule has 0 aliphatic carbocycles. The van der Waals surface area contributed by atoms with E-state index in [1.807, 2.05) is 26.0 Å². The van der Waals surface area contributed by atoms with Crippen molar-refractivity contribution in [3.8, 4) is 10.6 Å². The molecule has 0 spiro atoms. The molecule has 2 rings (SSSR count). The standard InChI is InChI=1S/C9H10N4OS.C2H6/c10-8-5-15-9(13-8)6-1-2-7(4-14-11)12-3-6;1-2/h1-3,5H,4,10-11H2;1-2H3. The molecule has 0 fully saturated rings. The van der Waals surface area contributed by atoms with Crippen LogP contribution in [0.3, 0.4) is 0 Å². The highest BCUT2D eigenvalue weighted by Gasteiger charge is 2.03. The summed E-state index contributed by atoms with van der Waals surface area (Å²) >= 11 is 1.49. The molecule has 0 radical (unpaired) electrons. The first kappa shape index (κ1) is 13.6. The number of aromatic nitrogens is 2. The van der Waals surface area contributed by atoms with Gasteiger partial charge in [-0.3, -0.25) is 9.82 Å².